The summed E-state index contributed by atoms with van der Waals surface area (Å²) in [5.41, 5.74) is 1.28. The Balaban J connectivity index is 1.82. The van der Waals surface area contributed by atoms with E-state index in [0.29, 0.717) is 28.3 Å². The average molecular weight is 371 g/mol. The average Bonchev–Trinajstić information content (AvgIpc) is 3.08. The molecule has 2 unspecified atom stereocenters. The van der Waals surface area contributed by atoms with Crippen molar-refractivity contribution in [3.63, 3.8) is 0 Å². The maximum atomic E-state index is 13.8. The van der Waals surface area contributed by atoms with Crippen LogP contribution in [0.5, 0.6) is 5.75 Å². The molecule has 2 aromatic heterocycles. The largest absolute Gasteiger partial charge is 0.486 e. The van der Waals surface area contributed by atoms with Crippen LogP contribution in [0.15, 0.2) is 36.7 Å². The van der Waals surface area contributed by atoms with Gasteiger partial charge in [-0.1, -0.05) is 0 Å². The second-order valence-electron chi connectivity index (χ2n) is 6.32. The predicted octanol–water partition coefficient (Wildman–Crippen LogP) is 1.52. The monoisotopic (exact) mass is 371 g/mol. The highest BCUT2D eigenvalue weighted by Crippen LogP contribution is 2.29. The van der Waals surface area contributed by atoms with E-state index in [1.165, 1.54) is 28.9 Å². The van der Waals surface area contributed by atoms with Crippen molar-refractivity contribution in [2.45, 2.75) is 19.1 Å². The maximum absolute atomic E-state index is 13.8. The van der Waals surface area contributed by atoms with E-state index in [0.717, 1.165) is 0 Å². The van der Waals surface area contributed by atoms with Gasteiger partial charge in [0.15, 0.2) is 5.65 Å². The smallest absolute Gasteiger partial charge is 0.256 e. The van der Waals surface area contributed by atoms with E-state index in [1.807, 2.05) is 6.92 Å². The molecule has 0 radical (unpaired) electrons. The van der Waals surface area contributed by atoms with Crippen molar-refractivity contribution >= 4 is 17.4 Å². The predicted molar refractivity (Wildman–Crippen MR) is 95.3 cm³/mol. The number of carbonyl (C=O) groups is 1. The minimum absolute atomic E-state index is 0.0744. The molecule has 1 aliphatic heterocycles. The number of carbonyl (C=O) groups excluding carboxylic acids is 1. The fourth-order valence-electron chi connectivity index (χ4n) is 3.00. The number of nitrogens with zero attached hydrogens (tertiary/aromatic N) is 3. The summed E-state index contributed by atoms with van der Waals surface area (Å²) in [7, 11) is 0. The number of aliphatic hydroxyl groups is 1. The quantitative estimate of drug-likeness (QED) is 0.600. The Kier molecular flexibility index (Phi) is 4.36. The third-order valence-electron chi connectivity index (χ3n) is 4.40. The summed E-state index contributed by atoms with van der Waals surface area (Å²) in [6, 6.07) is 5.56. The van der Waals surface area contributed by atoms with Gasteiger partial charge < -0.3 is 20.5 Å². The molecule has 3 aromatic rings. The lowest BCUT2D eigenvalue weighted by molar-refractivity contribution is 0.0869. The summed E-state index contributed by atoms with van der Waals surface area (Å²) >= 11 is 0. The van der Waals surface area contributed by atoms with Gasteiger partial charge in [-0.05, 0) is 31.2 Å². The third-order valence-corrected chi connectivity index (χ3v) is 4.40. The molecular formula is C18H18FN5O3. The number of aliphatic hydroxyl groups excluding tert-OH is 1. The molecule has 0 saturated carbocycles. The number of anilines is 1. The van der Waals surface area contributed by atoms with Crippen molar-refractivity contribution in [3.05, 3.63) is 53.6 Å². The number of fused-ring (bicyclic) bond motifs is 2. The highest BCUT2D eigenvalue weighted by atomic mass is 19.1. The molecule has 1 amide bonds. The zero-order chi connectivity index (χ0) is 19.0. The number of hydrogen-bond donors (Lipinski definition) is 3. The van der Waals surface area contributed by atoms with E-state index in [4.69, 9.17) is 4.74 Å². The van der Waals surface area contributed by atoms with E-state index < -0.39 is 11.9 Å². The molecule has 4 rings (SSSR count). The number of halogens is 1. The van der Waals surface area contributed by atoms with Crippen molar-refractivity contribution in [2.75, 3.05) is 18.5 Å². The summed E-state index contributed by atoms with van der Waals surface area (Å²) in [5, 5.41) is 19.7. The molecular weight excluding hydrogens is 353 g/mol. The Morgan fingerprint density at radius 2 is 2.26 bits per heavy atom. The molecule has 0 aliphatic carbocycles. The van der Waals surface area contributed by atoms with Crippen LogP contribution in [0, 0.1) is 5.82 Å². The Bertz CT molecular complexity index is 1010. The van der Waals surface area contributed by atoms with Gasteiger partial charge in [-0.15, -0.1) is 0 Å². The minimum Gasteiger partial charge on any atom is -0.486 e. The maximum Gasteiger partial charge on any atom is 0.256 e. The lowest BCUT2D eigenvalue weighted by Crippen LogP contribution is -2.37. The van der Waals surface area contributed by atoms with Crippen LogP contribution in [0.3, 0.4) is 0 Å². The first-order chi connectivity index (χ1) is 13.0. The molecule has 140 valence electrons. The second-order valence-corrected chi connectivity index (χ2v) is 6.32. The number of benzene rings is 1. The molecule has 0 fully saturated rings. The van der Waals surface area contributed by atoms with Crippen molar-refractivity contribution < 1.29 is 19.0 Å². The van der Waals surface area contributed by atoms with E-state index in [9.17, 15) is 14.3 Å². The number of aromatic nitrogens is 3. The molecule has 3 N–H and O–H groups in total. The molecule has 1 aromatic carbocycles. The van der Waals surface area contributed by atoms with Gasteiger partial charge in [-0.2, -0.15) is 5.10 Å². The molecule has 9 heteroatoms. The highest BCUT2D eigenvalue weighted by molar-refractivity contribution is 5.99. The Labute approximate surface area is 154 Å². The van der Waals surface area contributed by atoms with Crippen LogP contribution in [0.1, 0.15) is 28.9 Å². The number of hydrogen-bond acceptors (Lipinski definition) is 6. The lowest BCUT2D eigenvalue weighted by atomic mass is 10.1. The number of nitrogens with one attached hydrogen (secondary N) is 2. The van der Waals surface area contributed by atoms with Gasteiger partial charge >= 0.3 is 0 Å². The van der Waals surface area contributed by atoms with Crippen molar-refractivity contribution in [2.24, 2.45) is 0 Å². The van der Waals surface area contributed by atoms with Crippen LogP contribution in [0.4, 0.5) is 10.2 Å². The molecule has 3 heterocycles. The van der Waals surface area contributed by atoms with Crippen LogP contribution in [-0.4, -0.2) is 44.9 Å². The van der Waals surface area contributed by atoms with Crippen LogP contribution in [0.25, 0.3) is 5.65 Å². The molecule has 2 bridgehead atoms. The van der Waals surface area contributed by atoms with Gasteiger partial charge in [0.25, 0.3) is 5.91 Å². The van der Waals surface area contributed by atoms with Gasteiger partial charge in [-0.3, -0.25) is 4.79 Å². The third kappa shape index (κ3) is 3.28. The van der Waals surface area contributed by atoms with E-state index in [1.54, 1.807) is 12.3 Å². The van der Waals surface area contributed by atoms with Crippen LogP contribution in [-0.2, 0) is 0 Å². The zero-order valence-electron chi connectivity index (χ0n) is 14.5. The first-order valence-electron chi connectivity index (χ1n) is 8.51. The summed E-state index contributed by atoms with van der Waals surface area (Å²) in [5.74, 6) is 0.166. The van der Waals surface area contributed by atoms with Crippen LogP contribution >= 0.6 is 0 Å². The standard InChI is InChI=1S/C18H18FN5O3/c1-10-13-6-11(19)2-3-15(13)27-12(9-25)7-20-18(26)14-8-21-24-5-4-16(22-10)23-17(14)24/h2-6,8,10,12,25H,7,9H2,1H3,(H,20,26)(H,22,23). The molecule has 27 heavy (non-hydrogen) atoms. The van der Waals surface area contributed by atoms with Gasteiger partial charge in [0.1, 0.15) is 29.1 Å². The minimum atomic E-state index is -0.687. The first-order valence-corrected chi connectivity index (χ1v) is 8.51. The normalized spacial score (nSPS) is 19.9. The first kappa shape index (κ1) is 17.2. The molecule has 2 atom stereocenters. The summed E-state index contributed by atoms with van der Waals surface area (Å²) in [6.45, 7) is 1.61. The van der Waals surface area contributed by atoms with Gasteiger partial charge in [0.05, 0.1) is 25.4 Å². The molecule has 1 aliphatic rings. The van der Waals surface area contributed by atoms with E-state index in [2.05, 4.69) is 20.7 Å². The summed E-state index contributed by atoms with van der Waals surface area (Å²) in [6.07, 6.45) is 2.43. The van der Waals surface area contributed by atoms with Gasteiger partial charge in [-0.25, -0.2) is 13.9 Å². The van der Waals surface area contributed by atoms with Crippen LogP contribution < -0.4 is 15.4 Å². The topological polar surface area (TPSA) is 101 Å². The van der Waals surface area contributed by atoms with Gasteiger partial charge in [0, 0.05) is 11.8 Å². The van der Waals surface area contributed by atoms with E-state index >= 15 is 0 Å². The Morgan fingerprint density at radius 3 is 3.07 bits per heavy atom. The van der Waals surface area contributed by atoms with Crippen molar-refractivity contribution in [1.82, 2.24) is 19.9 Å². The fraction of sp³-hybridized carbons (Fsp3) is 0.278. The fourth-order valence-corrected chi connectivity index (χ4v) is 3.00. The molecule has 0 saturated heterocycles. The lowest BCUT2D eigenvalue weighted by Gasteiger charge is -2.22. The summed E-state index contributed by atoms with van der Waals surface area (Å²) < 4.78 is 21.2. The van der Waals surface area contributed by atoms with Gasteiger partial charge in [0.2, 0.25) is 0 Å². The number of rotatable bonds is 1. The number of ether oxygens (including phenoxy) is 1. The number of amides is 1. The van der Waals surface area contributed by atoms with Crippen molar-refractivity contribution in [3.8, 4) is 5.75 Å². The van der Waals surface area contributed by atoms with E-state index in [-0.39, 0.29) is 25.1 Å². The second kappa shape index (κ2) is 6.84. The Morgan fingerprint density at radius 1 is 1.41 bits per heavy atom. The zero-order valence-corrected chi connectivity index (χ0v) is 14.5. The Hall–Kier alpha value is -3.20. The van der Waals surface area contributed by atoms with Crippen LogP contribution in [0.2, 0.25) is 0 Å². The highest BCUT2D eigenvalue weighted by Gasteiger charge is 2.21. The SMILES string of the molecule is CC1Nc2ccn3ncc(c3n2)C(=O)NCC(CO)Oc2ccc(F)cc21. The molecule has 8 nitrogen and oxygen atoms in total. The molecule has 0 spiro atoms. The van der Waals surface area contributed by atoms with Crippen molar-refractivity contribution in [1.29, 1.82) is 0 Å². The summed E-state index contributed by atoms with van der Waals surface area (Å²) in [4.78, 5) is 17.0.